The number of rotatable bonds is 15. The summed E-state index contributed by atoms with van der Waals surface area (Å²) in [4.78, 5) is 74.3. The largest absolute Gasteiger partial charge is 0.493 e. The van der Waals surface area contributed by atoms with Crippen LogP contribution >= 0.6 is 0 Å². The van der Waals surface area contributed by atoms with Crippen LogP contribution in [0.25, 0.3) is 0 Å². The lowest BCUT2D eigenvalue weighted by Crippen LogP contribution is -2.63. The molecule has 17 nitrogen and oxygen atoms in total. The summed E-state index contributed by atoms with van der Waals surface area (Å²) < 4.78 is 60.5. The molecule has 2 aliphatic rings. The Morgan fingerprint density at radius 2 is 1.42 bits per heavy atom. The van der Waals surface area contributed by atoms with Crippen LogP contribution in [0.3, 0.4) is 0 Å². The number of carbonyl (C=O) groups excluding carboxylic acids is 6. The van der Waals surface area contributed by atoms with Crippen molar-refractivity contribution in [3.8, 4) is 11.5 Å². The van der Waals surface area contributed by atoms with Gasteiger partial charge in [0.1, 0.15) is 12.7 Å². The third kappa shape index (κ3) is 11.2. The van der Waals surface area contributed by atoms with E-state index in [1.54, 1.807) is 31.2 Å². The third-order valence-corrected chi connectivity index (χ3v) is 7.80. The van der Waals surface area contributed by atoms with E-state index in [4.69, 9.17) is 52.1 Å². The van der Waals surface area contributed by atoms with Crippen LogP contribution in [-0.4, -0.2) is 107 Å². The van der Waals surface area contributed by atoms with Crippen molar-refractivity contribution in [1.82, 2.24) is 0 Å². The van der Waals surface area contributed by atoms with Crippen LogP contribution in [0.1, 0.15) is 46.6 Å². The Kier molecular flexibility index (Phi) is 15.4. The molecular weight excluding hydrogens is 692 g/mol. The van der Waals surface area contributed by atoms with Gasteiger partial charge in [-0.1, -0.05) is 12.1 Å². The lowest BCUT2D eigenvalue weighted by atomic mass is 9.86. The molecule has 17 heteroatoms. The van der Waals surface area contributed by atoms with Crippen molar-refractivity contribution >= 4 is 35.8 Å². The molecule has 0 saturated carbocycles. The second-order valence-electron chi connectivity index (χ2n) is 11.4. The molecule has 0 bridgehead atoms. The maximum Gasteiger partial charge on any atom is 0.337 e. The first-order chi connectivity index (χ1) is 24.7. The van der Waals surface area contributed by atoms with Crippen molar-refractivity contribution in [3.05, 3.63) is 47.2 Å². The van der Waals surface area contributed by atoms with Gasteiger partial charge in [0.05, 0.1) is 46.2 Å². The quantitative estimate of drug-likeness (QED) is 0.144. The van der Waals surface area contributed by atoms with E-state index in [0.717, 1.165) is 46.6 Å². The number of benzene rings is 1. The molecule has 0 aliphatic carbocycles. The van der Waals surface area contributed by atoms with Gasteiger partial charge in [0.2, 0.25) is 12.6 Å². The van der Waals surface area contributed by atoms with Crippen molar-refractivity contribution in [2.45, 2.75) is 84.5 Å². The summed E-state index contributed by atoms with van der Waals surface area (Å²) in [6.07, 6.45) is -6.11. The highest BCUT2D eigenvalue weighted by Crippen LogP contribution is 2.38. The maximum atomic E-state index is 13.2. The average Bonchev–Trinajstić information content (AvgIpc) is 3.09. The van der Waals surface area contributed by atoms with Gasteiger partial charge in [-0.25, -0.2) is 4.79 Å². The van der Waals surface area contributed by atoms with Crippen molar-refractivity contribution in [1.29, 1.82) is 0 Å². The number of methoxy groups -OCH3 is 3. The van der Waals surface area contributed by atoms with Crippen LogP contribution in [0.5, 0.6) is 11.5 Å². The minimum absolute atomic E-state index is 0.00461. The van der Waals surface area contributed by atoms with Crippen molar-refractivity contribution in [3.63, 3.8) is 0 Å². The third-order valence-electron chi connectivity index (χ3n) is 7.80. The summed E-state index contributed by atoms with van der Waals surface area (Å²) >= 11 is 0. The molecule has 1 aromatic rings. The zero-order chi connectivity index (χ0) is 38.5. The van der Waals surface area contributed by atoms with Crippen molar-refractivity contribution in [2.75, 3.05) is 34.5 Å². The molecule has 0 N–H and O–H groups in total. The Morgan fingerprint density at radius 1 is 0.788 bits per heavy atom. The zero-order valence-corrected chi connectivity index (χ0v) is 30.2. The van der Waals surface area contributed by atoms with E-state index >= 15 is 0 Å². The highest BCUT2D eigenvalue weighted by molar-refractivity contribution is 5.90. The zero-order valence-electron chi connectivity index (χ0n) is 30.2. The lowest BCUT2D eigenvalue weighted by Gasteiger charge is -2.45. The number of esters is 6. The molecule has 0 spiro atoms. The first-order valence-corrected chi connectivity index (χ1v) is 16.1. The van der Waals surface area contributed by atoms with Gasteiger partial charge in [-0.15, -0.1) is 0 Å². The fourth-order valence-electron chi connectivity index (χ4n) is 5.59. The van der Waals surface area contributed by atoms with E-state index in [9.17, 15) is 28.8 Å². The first-order valence-electron chi connectivity index (χ1n) is 16.1. The van der Waals surface area contributed by atoms with Gasteiger partial charge >= 0.3 is 35.8 Å². The van der Waals surface area contributed by atoms with Gasteiger partial charge in [-0.2, -0.15) is 0 Å². The van der Waals surface area contributed by atoms with Crippen molar-refractivity contribution in [2.24, 2.45) is 5.92 Å². The summed E-state index contributed by atoms with van der Waals surface area (Å²) in [6.45, 7) is 5.54. The molecule has 0 aromatic heterocycles. The number of hydrogen-bond donors (Lipinski definition) is 0. The Balaban J connectivity index is 1.89. The monoisotopic (exact) mass is 736 g/mol. The van der Waals surface area contributed by atoms with Crippen LogP contribution < -0.4 is 9.47 Å². The lowest BCUT2D eigenvalue weighted by molar-refractivity contribution is -0.331. The molecule has 0 radical (unpaired) electrons. The highest BCUT2D eigenvalue weighted by atomic mass is 16.8. The molecule has 7 atom stereocenters. The van der Waals surface area contributed by atoms with Crippen LogP contribution in [-0.2, 0) is 77.8 Å². The van der Waals surface area contributed by atoms with Gasteiger partial charge in [-0.3, -0.25) is 24.0 Å². The number of hydrogen-bond acceptors (Lipinski definition) is 17. The molecule has 286 valence electrons. The van der Waals surface area contributed by atoms with E-state index < -0.39 is 85.3 Å². The second-order valence-corrected chi connectivity index (χ2v) is 11.4. The van der Waals surface area contributed by atoms with Crippen LogP contribution in [0, 0.1) is 5.92 Å². The van der Waals surface area contributed by atoms with Gasteiger partial charge in [0, 0.05) is 45.6 Å². The Morgan fingerprint density at radius 3 is 2.00 bits per heavy atom. The van der Waals surface area contributed by atoms with Gasteiger partial charge in [0.15, 0.2) is 29.8 Å². The van der Waals surface area contributed by atoms with E-state index in [2.05, 4.69) is 0 Å². The minimum Gasteiger partial charge on any atom is -0.493 e. The van der Waals surface area contributed by atoms with E-state index in [1.807, 2.05) is 0 Å². The Labute approximate surface area is 300 Å². The highest BCUT2D eigenvalue weighted by Gasteiger charge is 2.54. The number of allylic oxidation sites excluding steroid dienone is 1. The van der Waals surface area contributed by atoms with Gasteiger partial charge in [-0.05, 0) is 24.6 Å². The molecule has 1 saturated heterocycles. The summed E-state index contributed by atoms with van der Waals surface area (Å²) in [5.41, 5.74) is 1.06. The summed E-state index contributed by atoms with van der Waals surface area (Å²) in [5.74, 6) is -4.52. The molecule has 0 amide bonds. The van der Waals surface area contributed by atoms with Crippen molar-refractivity contribution < 1.29 is 80.9 Å². The van der Waals surface area contributed by atoms with Crippen LogP contribution in [0.4, 0.5) is 0 Å². The molecule has 1 fully saturated rings. The van der Waals surface area contributed by atoms with E-state index in [-0.39, 0.29) is 24.2 Å². The topological polar surface area (TPSA) is 204 Å². The predicted molar refractivity (Wildman–Crippen MR) is 174 cm³/mol. The smallest absolute Gasteiger partial charge is 0.337 e. The first kappa shape index (κ1) is 41.3. The molecule has 2 aliphatic heterocycles. The van der Waals surface area contributed by atoms with Crippen LogP contribution in [0.15, 0.2) is 41.7 Å². The Bertz CT molecular complexity index is 1530. The number of carbonyl (C=O) groups is 6. The fourth-order valence-corrected chi connectivity index (χ4v) is 5.59. The van der Waals surface area contributed by atoms with E-state index in [0.29, 0.717) is 17.9 Å². The fraction of sp³-hybridized carbons (Fsp3) is 0.543. The standard InChI is InChI=1S/C35H44O17/c1-9-23-24(15-29(40)45-13-12-22-10-11-26(42-6)27(14-22)43-7)25(33(41)44-8)16-47-34(23)52-35-32(50-21(5)39)31(49-20(4)38)30(48-19(3)37)28(51-35)17-46-18(2)36/h9-11,14,16,24,28,30-32,34-35H,12-13,15,17H2,1-8H3/b23-9+/t24-,28+,30+,31-,32+,34-,35-/m0/s1. The molecule has 52 heavy (non-hydrogen) atoms. The predicted octanol–water partition coefficient (Wildman–Crippen LogP) is 2.26. The summed E-state index contributed by atoms with van der Waals surface area (Å²) in [7, 11) is 4.19. The van der Waals surface area contributed by atoms with Crippen LogP contribution in [0.2, 0.25) is 0 Å². The van der Waals surface area contributed by atoms with E-state index in [1.165, 1.54) is 14.2 Å². The minimum atomic E-state index is -1.61. The molecular formula is C35H44O17. The average molecular weight is 737 g/mol. The number of ether oxygens (including phenoxy) is 11. The summed E-state index contributed by atoms with van der Waals surface area (Å²) in [6, 6.07) is 5.30. The Hall–Kier alpha value is -5.16. The molecule has 1 aromatic carbocycles. The van der Waals surface area contributed by atoms with Gasteiger partial charge < -0.3 is 52.1 Å². The molecule has 3 rings (SSSR count). The molecule has 2 heterocycles. The summed E-state index contributed by atoms with van der Waals surface area (Å²) in [5, 5.41) is 0. The van der Waals surface area contributed by atoms with Gasteiger partial charge in [0.25, 0.3) is 0 Å². The SMILES string of the molecule is C/C=C1/[C@H](O[C@@H]2O[C@H](COC(C)=O)[C@@H](OC(C)=O)[C@H](OC(C)=O)[C@H]2OC(C)=O)OC=C(C(=O)OC)[C@H]1CC(=O)OCCc1ccc(OC)c(OC)c1. The molecule has 0 unspecified atom stereocenters. The normalized spacial score (nSPS) is 24.7. The second kappa shape index (κ2) is 19.4. The maximum absolute atomic E-state index is 13.2.